The number of nitrogens with one attached hydrogen (secondary N) is 1. The van der Waals surface area contributed by atoms with Gasteiger partial charge in [-0.25, -0.2) is 27.9 Å². The van der Waals surface area contributed by atoms with Gasteiger partial charge < -0.3 is 10.4 Å². The van der Waals surface area contributed by atoms with Gasteiger partial charge in [0.2, 0.25) is 0 Å². The quantitative estimate of drug-likeness (QED) is 0.305. The maximum Gasteiger partial charge on any atom is 0.411 e. The molecule has 0 bridgehead atoms. The van der Waals surface area contributed by atoms with Crippen molar-refractivity contribution >= 4 is 40.3 Å². The van der Waals surface area contributed by atoms with E-state index >= 15 is 0 Å². The Morgan fingerprint density at radius 2 is 1.80 bits per heavy atom. The molecule has 0 radical (unpaired) electrons. The zero-order valence-corrected chi connectivity index (χ0v) is 22.8. The molecule has 1 aliphatic rings. The van der Waals surface area contributed by atoms with E-state index in [2.05, 4.69) is 15.3 Å². The minimum absolute atomic E-state index is 0.103. The first-order chi connectivity index (χ1) is 19.6. The standard InChI is InChI=1S/C28H27ClF2N6O4/c1-35(28(40)41)19-10-11-23(32-14-19)37-22-5-3-2-4-21(22)36(27(37)39)15-16-6-8-18(9-7-16)34-26(38)20-12-17(29)13-33-24(20)25(30)31/h2-5,10-14,16,18,25H,6-9,15H2,1H3,(H,34,38)(H,40,41). The monoisotopic (exact) mass is 584 g/mol. The number of para-hydroxylation sites is 2. The number of carbonyl (C=O) groups excluding carboxylic acids is 1. The van der Waals surface area contributed by atoms with Crippen LogP contribution in [0, 0.1) is 5.92 Å². The van der Waals surface area contributed by atoms with Gasteiger partial charge in [-0.15, -0.1) is 0 Å². The van der Waals surface area contributed by atoms with E-state index in [1.807, 2.05) is 24.3 Å². The van der Waals surface area contributed by atoms with Gasteiger partial charge >= 0.3 is 11.8 Å². The zero-order valence-electron chi connectivity index (χ0n) is 22.0. The van der Waals surface area contributed by atoms with Gasteiger partial charge in [-0.1, -0.05) is 23.7 Å². The van der Waals surface area contributed by atoms with Crippen molar-refractivity contribution in [2.24, 2.45) is 5.92 Å². The first-order valence-electron chi connectivity index (χ1n) is 13.0. The van der Waals surface area contributed by atoms with Crippen LogP contribution in [0.1, 0.15) is 48.2 Å². The lowest BCUT2D eigenvalue weighted by Gasteiger charge is -2.29. The normalized spacial score (nSPS) is 17.1. The Balaban J connectivity index is 1.30. The summed E-state index contributed by atoms with van der Waals surface area (Å²) in [6.07, 6.45) is 1.17. The lowest BCUT2D eigenvalue weighted by atomic mass is 9.85. The summed E-state index contributed by atoms with van der Waals surface area (Å²) < 4.78 is 29.9. The first-order valence-corrected chi connectivity index (χ1v) is 13.4. The van der Waals surface area contributed by atoms with Gasteiger partial charge in [0.15, 0.2) is 0 Å². The second-order valence-electron chi connectivity index (χ2n) is 10.0. The molecule has 3 aromatic heterocycles. The number of pyridine rings is 2. The number of carbonyl (C=O) groups is 2. The largest absolute Gasteiger partial charge is 0.465 e. The van der Waals surface area contributed by atoms with Crippen LogP contribution < -0.4 is 15.9 Å². The third-order valence-corrected chi connectivity index (χ3v) is 7.64. The number of alkyl halides is 2. The van der Waals surface area contributed by atoms with Crippen LogP contribution in [0.4, 0.5) is 19.3 Å². The topological polar surface area (TPSA) is 122 Å². The summed E-state index contributed by atoms with van der Waals surface area (Å²) in [5, 5.41) is 12.1. The molecule has 4 aromatic rings. The van der Waals surface area contributed by atoms with Gasteiger partial charge in [-0.3, -0.25) is 19.2 Å². The van der Waals surface area contributed by atoms with Crippen molar-refractivity contribution in [3.8, 4) is 5.82 Å². The van der Waals surface area contributed by atoms with Crippen LogP contribution in [0.5, 0.6) is 0 Å². The fourth-order valence-electron chi connectivity index (χ4n) is 5.24. The van der Waals surface area contributed by atoms with Gasteiger partial charge in [0.25, 0.3) is 12.3 Å². The number of hydrogen-bond donors (Lipinski definition) is 2. The molecule has 13 heteroatoms. The molecule has 0 saturated heterocycles. The SMILES string of the molecule is CN(C(=O)O)c1ccc(-n2c(=O)n(CC3CCC(NC(=O)c4cc(Cl)cnc4C(F)F)CC3)c3ccccc32)nc1. The highest BCUT2D eigenvalue weighted by Crippen LogP contribution is 2.29. The minimum atomic E-state index is -2.90. The van der Waals surface area contributed by atoms with E-state index < -0.39 is 24.1 Å². The molecule has 0 atom stereocenters. The number of nitrogens with zero attached hydrogens (tertiary/aromatic N) is 5. The molecule has 5 rings (SSSR count). The Labute approximate surface area is 238 Å². The number of fused-ring (bicyclic) bond motifs is 1. The number of anilines is 1. The second-order valence-corrected chi connectivity index (χ2v) is 10.4. The van der Waals surface area contributed by atoms with Crippen molar-refractivity contribution < 1.29 is 23.5 Å². The van der Waals surface area contributed by atoms with Gasteiger partial charge in [0.1, 0.15) is 11.5 Å². The molecule has 3 heterocycles. The molecule has 214 valence electrons. The minimum Gasteiger partial charge on any atom is -0.465 e. The Morgan fingerprint density at radius 3 is 2.44 bits per heavy atom. The summed E-state index contributed by atoms with van der Waals surface area (Å²) in [7, 11) is 1.41. The van der Waals surface area contributed by atoms with Crippen LogP contribution in [0.15, 0.2) is 59.7 Å². The number of imidazole rings is 1. The number of hydrogen-bond acceptors (Lipinski definition) is 5. The number of benzene rings is 1. The van der Waals surface area contributed by atoms with Crippen LogP contribution in [0.3, 0.4) is 0 Å². The van der Waals surface area contributed by atoms with Crippen molar-refractivity contribution in [2.45, 2.75) is 44.7 Å². The van der Waals surface area contributed by atoms with Crippen LogP contribution in [0.2, 0.25) is 5.02 Å². The van der Waals surface area contributed by atoms with Crippen molar-refractivity contribution in [2.75, 3.05) is 11.9 Å². The van der Waals surface area contributed by atoms with E-state index in [9.17, 15) is 28.3 Å². The molecule has 1 saturated carbocycles. The molecular formula is C28H27ClF2N6O4. The Morgan fingerprint density at radius 1 is 1.10 bits per heavy atom. The third kappa shape index (κ3) is 5.78. The van der Waals surface area contributed by atoms with E-state index in [1.165, 1.54) is 23.9 Å². The number of amides is 2. The predicted molar refractivity (Wildman–Crippen MR) is 149 cm³/mol. The highest BCUT2D eigenvalue weighted by atomic mass is 35.5. The van der Waals surface area contributed by atoms with E-state index in [1.54, 1.807) is 16.7 Å². The summed E-state index contributed by atoms with van der Waals surface area (Å²) in [6, 6.07) is 11.6. The molecule has 1 aromatic carbocycles. The molecule has 10 nitrogen and oxygen atoms in total. The predicted octanol–water partition coefficient (Wildman–Crippen LogP) is 5.28. The lowest BCUT2D eigenvalue weighted by Crippen LogP contribution is -2.39. The summed E-state index contributed by atoms with van der Waals surface area (Å²) in [6.45, 7) is 0.459. The Kier molecular flexibility index (Phi) is 8.02. The molecular weight excluding hydrogens is 558 g/mol. The molecule has 2 N–H and O–H groups in total. The molecule has 0 unspecified atom stereocenters. The van der Waals surface area contributed by atoms with Gasteiger partial charge in [0, 0.05) is 25.8 Å². The number of halogens is 3. The van der Waals surface area contributed by atoms with Crippen molar-refractivity contribution in [1.82, 2.24) is 24.4 Å². The molecule has 1 aliphatic carbocycles. The maximum absolute atomic E-state index is 13.6. The van der Waals surface area contributed by atoms with Crippen molar-refractivity contribution in [1.29, 1.82) is 0 Å². The second kappa shape index (κ2) is 11.7. The Bertz CT molecular complexity index is 1650. The first kappa shape index (κ1) is 28.2. The highest BCUT2D eigenvalue weighted by Gasteiger charge is 2.27. The average Bonchev–Trinajstić information content (AvgIpc) is 3.24. The molecule has 41 heavy (non-hydrogen) atoms. The number of carboxylic acid groups (broad SMARTS) is 1. The van der Waals surface area contributed by atoms with Crippen LogP contribution >= 0.6 is 11.6 Å². The van der Waals surface area contributed by atoms with Crippen molar-refractivity contribution in [3.63, 3.8) is 0 Å². The van der Waals surface area contributed by atoms with Crippen LogP contribution in [0.25, 0.3) is 16.9 Å². The van der Waals surface area contributed by atoms with Crippen LogP contribution in [-0.2, 0) is 6.54 Å². The summed E-state index contributed by atoms with van der Waals surface area (Å²) >= 11 is 5.89. The fourth-order valence-corrected chi connectivity index (χ4v) is 5.40. The summed E-state index contributed by atoms with van der Waals surface area (Å²) in [5.41, 5.74) is 0.699. The highest BCUT2D eigenvalue weighted by molar-refractivity contribution is 6.30. The summed E-state index contributed by atoms with van der Waals surface area (Å²) in [5.74, 6) is -0.104. The van der Waals surface area contributed by atoms with Crippen LogP contribution in [-0.4, -0.2) is 49.3 Å². The fraction of sp³-hybridized carbons (Fsp3) is 0.321. The van der Waals surface area contributed by atoms with Gasteiger partial charge in [-0.2, -0.15) is 0 Å². The van der Waals surface area contributed by atoms with E-state index in [-0.39, 0.29) is 28.2 Å². The third-order valence-electron chi connectivity index (χ3n) is 7.43. The lowest BCUT2D eigenvalue weighted by molar-refractivity contribution is 0.0904. The Hall–Kier alpha value is -4.32. The van der Waals surface area contributed by atoms with Gasteiger partial charge in [-0.05, 0) is 61.9 Å². The van der Waals surface area contributed by atoms with E-state index in [0.29, 0.717) is 36.4 Å². The van der Waals surface area contributed by atoms with E-state index in [0.717, 1.165) is 29.5 Å². The smallest absolute Gasteiger partial charge is 0.411 e. The number of aromatic nitrogens is 4. The average molecular weight is 585 g/mol. The molecule has 0 spiro atoms. The molecule has 2 amide bonds. The maximum atomic E-state index is 13.6. The number of rotatable bonds is 7. The van der Waals surface area contributed by atoms with Gasteiger partial charge in [0.05, 0.1) is 33.5 Å². The summed E-state index contributed by atoms with van der Waals surface area (Å²) in [4.78, 5) is 46.6. The van der Waals surface area contributed by atoms with E-state index in [4.69, 9.17) is 11.6 Å². The zero-order chi connectivity index (χ0) is 29.3. The molecule has 1 fully saturated rings. The molecule has 0 aliphatic heterocycles. The van der Waals surface area contributed by atoms with Crippen molar-refractivity contribution in [3.05, 3.63) is 81.6 Å².